The Balaban J connectivity index is 0.00000228. The normalized spacial score (nSPS) is 19.4. The zero-order valence-electron chi connectivity index (χ0n) is 20.1. The number of rotatable bonds is 6. The minimum absolute atomic E-state index is 0. The molecular formula is C25H34Cl2N6O3. The lowest BCUT2D eigenvalue weighted by atomic mass is 9.85. The van der Waals surface area contributed by atoms with Gasteiger partial charge in [0.2, 0.25) is 0 Å². The predicted molar refractivity (Wildman–Crippen MR) is 144 cm³/mol. The molecule has 9 nitrogen and oxygen atoms in total. The van der Waals surface area contributed by atoms with Crippen LogP contribution in [-0.4, -0.2) is 69.9 Å². The number of nitrogens with zero attached hydrogens (tertiary/aromatic N) is 4. The number of halogens is 2. The van der Waals surface area contributed by atoms with Gasteiger partial charge in [0.15, 0.2) is 0 Å². The molecule has 2 aromatic rings. The van der Waals surface area contributed by atoms with E-state index in [0.717, 1.165) is 11.4 Å². The summed E-state index contributed by atoms with van der Waals surface area (Å²) >= 11 is 0. The number of benzene rings is 1. The van der Waals surface area contributed by atoms with E-state index in [-0.39, 0.29) is 48.6 Å². The van der Waals surface area contributed by atoms with E-state index in [4.69, 9.17) is 11.1 Å². The van der Waals surface area contributed by atoms with Crippen molar-refractivity contribution in [3.63, 3.8) is 0 Å². The molecule has 11 heteroatoms. The van der Waals surface area contributed by atoms with E-state index in [2.05, 4.69) is 9.88 Å². The second kappa shape index (κ2) is 13.3. The summed E-state index contributed by atoms with van der Waals surface area (Å²) in [5.41, 5.74) is 7.18. The number of nitrogens with two attached hydrogens (primary N) is 1. The van der Waals surface area contributed by atoms with Crippen molar-refractivity contribution in [2.45, 2.75) is 38.3 Å². The monoisotopic (exact) mass is 536 g/mol. The molecule has 0 unspecified atom stereocenters. The number of nitrogen functional groups attached to an aromatic ring is 1. The Morgan fingerprint density at radius 2 is 1.64 bits per heavy atom. The van der Waals surface area contributed by atoms with Crippen molar-refractivity contribution in [1.82, 2.24) is 14.8 Å². The number of anilines is 1. The topological polar surface area (TPSA) is 127 Å². The highest BCUT2D eigenvalue weighted by atomic mass is 35.5. The molecule has 1 aromatic carbocycles. The number of carbonyl (C=O) groups is 2. The number of carbonyl (C=O) groups excluding carboxylic acids is 1. The zero-order chi connectivity index (χ0) is 24.1. The van der Waals surface area contributed by atoms with E-state index in [0.29, 0.717) is 64.0 Å². The van der Waals surface area contributed by atoms with Crippen molar-refractivity contribution in [1.29, 1.82) is 5.41 Å². The molecule has 0 atom stereocenters. The van der Waals surface area contributed by atoms with Gasteiger partial charge >= 0.3 is 12.0 Å². The second-order valence-electron chi connectivity index (χ2n) is 9.03. The standard InChI is InChI=1S/C25H32N6O3.2ClH/c26-23(27)20-8-11-22(28-16-20)29-12-14-30(15-13-29)25(34)31(17-18-4-2-1-3-5-18)21-9-6-19(7-10-21)24(32)33;;/h1-5,8,11,16,19,21H,6-7,9-10,12-15,17H2,(H3,26,27)(H,32,33);2*1H. The third-order valence-electron chi connectivity index (χ3n) is 6.86. The van der Waals surface area contributed by atoms with Crippen LogP contribution in [0.2, 0.25) is 0 Å². The van der Waals surface area contributed by atoms with E-state index >= 15 is 0 Å². The highest BCUT2D eigenvalue weighted by Crippen LogP contribution is 2.30. The number of aromatic nitrogens is 1. The molecule has 196 valence electrons. The number of urea groups is 1. The maximum absolute atomic E-state index is 13.6. The molecule has 1 saturated heterocycles. The number of pyridine rings is 1. The minimum Gasteiger partial charge on any atom is -0.481 e. The number of carboxylic acid groups (broad SMARTS) is 1. The summed E-state index contributed by atoms with van der Waals surface area (Å²) in [6, 6.07) is 13.7. The predicted octanol–water partition coefficient (Wildman–Crippen LogP) is 3.60. The number of piperazine rings is 1. The van der Waals surface area contributed by atoms with Crippen molar-refractivity contribution in [3.05, 3.63) is 59.8 Å². The van der Waals surface area contributed by atoms with Crippen LogP contribution in [0.15, 0.2) is 48.7 Å². The molecule has 1 saturated carbocycles. The fourth-order valence-corrected chi connectivity index (χ4v) is 4.81. The highest BCUT2D eigenvalue weighted by Gasteiger charge is 2.34. The van der Waals surface area contributed by atoms with Crippen LogP contribution in [0.1, 0.15) is 36.8 Å². The van der Waals surface area contributed by atoms with Gasteiger partial charge in [-0.3, -0.25) is 10.2 Å². The molecular weight excluding hydrogens is 503 g/mol. The molecule has 2 heterocycles. The summed E-state index contributed by atoms with van der Waals surface area (Å²) in [5.74, 6) is -0.244. The van der Waals surface area contributed by atoms with Crippen LogP contribution < -0.4 is 10.6 Å². The van der Waals surface area contributed by atoms with Gasteiger partial charge in [-0.1, -0.05) is 30.3 Å². The molecule has 0 radical (unpaired) electrons. The fourth-order valence-electron chi connectivity index (χ4n) is 4.81. The number of carboxylic acids is 1. The number of nitrogens with one attached hydrogen (secondary N) is 1. The summed E-state index contributed by atoms with van der Waals surface area (Å²) in [6.45, 7) is 3.04. The lowest BCUT2D eigenvalue weighted by Crippen LogP contribution is -2.55. The van der Waals surface area contributed by atoms with Crippen LogP contribution in [0.4, 0.5) is 10.6 Å². The summed E-state index contributed by atoms with van der Waals surface area (Å²) in [6.07, 6.45) is 4.23. The third kappa shape index (κ3) is 7.01. The number of aliphatic carboxylic acids is 1. The average molecular weight is 537 g/mol. The lowest BCUT2D eigenvalue weighted by Gasteiger charge is -2.42. The molecule has 1 aliphatic heterocycles. The Labute approximate surface area is 224 Å². The van der Waals surface area contributed by atoms with Crippen LogP contribution in [0.3, 0.4) is 0 Å². The largest absolute Gasteiger partial charge is 0.481 e. The number of hydrogen-bond acceptors (Lipinski definition) is 5. The molecule has 2 aliphatic rings. The molecule has 2 fully saturated rings. The first kappa shape index (κ1) is 29.2. The first-order chi connectivity index (χ1) is 16.4. The highest BCUT2D eigenvalue weighted by molar-refractivity contribution is 5.94. The zero-order valence-corrected chi connectivity index (χ0v) is 21.7. The quantitative estimate of drug-likeness (QED) is 0.382. The lowest BCUT2D eigenvalue weighted by molar-refractivity contribution is -0.143. The van der Waals surface area contributed by atoms with Gasteiger partial charge in [0.25, 0.3) is 0 Å². The third-order valence-corrected chi connectivity index (χ3v) is 6.86. The smallest absolute Gasteiger partial charge is 0.320 e. The van der Waals surface area contributed by atoms with Crippen molar-refractivity contribution in [2.24, 2.45) is 11.7 Å². The van der Waals surface area contributed by atoms with Gasteiger partial charge in [0, 0.05) is 50.5 Å². The van der Waals surface area contributed by atoms with Gasteiger partial charge in [0.1, 0.15) is 11.7 Å². The molecule has 1 aliphatic carbocycles. The fraction of sp³-hybridized carbons (Fsp3) is 0.440. The van der Waals surface area contributed by atoms with Gasteiger partial charge in [-0.2, -0.15) is 0 Å². The Bertz CT molecular complexity index is 1010. The summed E-state index contributed by atoms with van der Waals surface area (Å²) in [5, 5.41) is 16.9. The molecule has 2 amide bonds. The number of hydrogen-bond donors (Lipinski definition) is 3. The maximum atomic E-state index is 13.6. The van der Waals surface area contributed by atoms with Crippen LogP contribution >= 0.6 is 24.8 Å². The van der Waals surface area contributed by atoms with Crippen LogP contribution in [-0.2, 0) is 11.3 Å². The summed E-state index contributed by atoms with van der Waals surface area (Å²) in [7, 11) is 0. The van der Waals surface area contributed by atoms with Gasteiger partial charge in [-0.25, -0.2) is 9.78 Å². The van der Waals surface area contributed by atoms with E-state index in [9.17, 15) is 14.7 Å². The van der Waals surface area contributed by atoms with Crippen LogP contribution in [0.25, 0.3) is 0 Å². The minimum atomic E-state index is -0.736. The molecule has 1 aromatic heterocycles. The van der Waals surface area contributed by atoms with Crippen molar-refractivity contribution < 1.29 is 14.7 Å². The van der Waals surface area contributed by atoms with E-state index in [1.165, 1.54) is 0 Å². The molecule has 0 spiro atoms. The van der Waals surface area contributed by atoms with Crippen molar-refractivity contribution in [2.75, 3.05) is 31.1 Å². The Morgan fingerprint density at radius 1 is 1.00 bits per heavy atom. The van der Waals surface area contributed by atoms with Gasteiger partial charge in [0.05, 0.1) is 5.92 Å². The van der Waals surface area contributed by atoms with Crippen molar-refractivity contribution in [3.8, 4) is 0 Å². The number of amides is 2. The molecule has 0 bridgehead atoms. The first-order valence-corrected chi connectivity index (χ1v) is 11.8. The number of amidine groups is 1. The summed E-state index contributed by atoms with van der Waals surface area (Å²) < 4.78 is 0. The Hall–Kier alpha value is -3.04. The van der Waals surface area contributed by atoms with Crippen molar-refractivity contribution >= 4 is 48.5 Å². The van der Waals surface area contributed by atoms with E-state index < -0.39 is 5.97 Å². The molecule has 36 heavy (non-hydrogen) atoms. The second-order valence-corrected chi connectivity index (χ2v) is 9.03. The molecule has 4 rings (SSSR count). The van der Waals surface area contributed by atoms with Crippen LogP contribution in [0, 0.1) is 11.3 Å². The SMILES string of the molecule is Cl.Cl.N=C(N)c1ccc(N2CCN(C(=O)N(Cc3ccccc3)C3CCC(C(=O)O)CC3)CC2)nc1. The Kier molecular flexibility index (Phi) is 10.8. The molecule has 4 N–H and O–H groups in total. The van der Waals surface area contributed by atoms with Gasteiger partial charge in [-0.05, 0) is 43.4 Å². The van der Waals surface area contributed by atoms with Gasteiger partial charge < -0.3 is 25.5 Å². The van der Waals surface area contributed by atoms with E-state index in [1.54, 1.807) is 12.3 Å². The Morgan fingerprint density at radius 3 is 2.17 bits per heavy atom. The maximum Gasteiger partial charge on any atom is 0.320 e. The van der Waals surface area contributed by atoms with Gasteiger partial charge in [-0.15, -0.1) is 24.8 Å². The summed E-state index contributed by atoms with van der Waals surface area (Å²) in [4.78, 5) is 35.4. The van der Waals surface area contributed by atoms with E-state index in [1.807, 2.05) is 46.2 Å². The van der Waals surface area contributed by atoms with Crippen LogP contribution in [0.5, 0.6) is 0 Å². The average Bonchev–Trinajstić information content (AvgIpc) is 2.88. The first-order valence-electron chi connectivity index (χ1n) is 11.8.